The Labute approximate surface area is 181 Å². The number of aromatic hydroxyl groups is 1. The number of aliphatic carboxylic acids is 1. The molecule has 0 unspecified atom stereocenters. The zero-order valence-corrected chi connectivity index (χ0v) is 16.7. The van der Waals surface area contributed by atoms with Gasteiger partial charge in [0.15, 0.2) is 11.5 Å². The molecule has 2 heterocycles. The first-order valence-corrected chi connectivity index (χ1v) is 9.67. The van der Waals surface area contributed by atoms with Crippen molar-refractivity contribution in [3.8, 4) is 17.1 Å². The summed E-state index contributed by atoms with van der Waals surface area (Å²) in [7, 11) is 0. The fourth-order valence-electron chi connectivity index (χ4n) is 3.30. The van der Waals surface area contributed by atoms with Crippen LogP contribution in [-0.2, 0) is 11.3 Å². The topological polar surface area (TPSA) is 134 Å². The number of hydrogen-bond donors (Lipinski definition) is 3. The summed E-state index contributed by atoms with van der Waals surface area (Å²) in [5.41, 5.74) is 0.291. The monoisotopic (exact) mass is 430 g/mol. The van der Waals surface area contributed by atoms with Crippen molar-refractivity contribution in [2.24, 2.45) is 0 Å². The number of nitrogens with one attached hydrogen (secondary N) is 1. The third kappa shape index (κ3) is 4.04. The summed E-state index contributed by atoms with van der Waals surface area (Å²) in [6.07, 6.45) is 1.34. The van der Waals surface area contributed by atoms with Gasteiger partial charge in [-0.05, 0) is 5.56 Å². The molecule has 0 aliphatic heterocycles. The zero-order chi connectivity index (χ0) is 22.7. The third-order valence-electron chi connectivity index (χ3n) is 4.82. The summed E-state index contributed by atoms with van der Waals surface area (Å²) < 4.78 is 1.27. The van der Waals surface area contributed by atoms with Crippen LogP contribution >= 0.6 is 0 Å². The minimum Gasteiger partial charge on any atom is -0.506 e. The highest BCUT2D eigenvalue weighted by molar-refractivity contribution is 6.02. The summed E-state index contributed by atoms with van der Waals surface area (Å²) in [6, 6.07) is 18.2. The van der Waals surface area contributed by atoms with E-state index in [0.717, 1.165) is 11.1 Å². The number of nitrogens with zero attached hydrogens (tertiary/aromatic N) is 3. The zero-order valence-electron chi connectivity index (χ0n) is 16.7. The first kappa shape index (κ1) is 20.7. The van der Waals surface area contributed by atoms with Gasteiger partial charge in [-0.3, -0.25) is 19.0 Å². The first-order valence-electron chi connectivity index (χ1n) is 9.67. The van der Waals surface area contributed by atoms with Gasteiger partial charge in [0.05, 0.1) is 11.9 Å². The van der Waals surface area contributed by atoms with Gasteiger partial charge in [0.25, 0.3) is 11.5 Å². The molecule has 0 bridgehead atoms. The molecule has 0 aliphatic carbocycles. The Bertz CT molecular complexity index is 1370. The number of amides is 1. The molecule has 9 nitrogen and oxygen atoms in total. The maximum Gasteiger partial charge on any atom is 0.322 e. The van der Waals surface area contributed by atoms with E-state index in [2.05, 4.69) is 15.3 Å². The van der Waals surface area contributed by atoms with Crippen molar-refractivity contribution >= 4 is 22.9 Å². The number of fused-ring (bicyclic) bond motifs is 1. The molecule has 0 saturated carbocycles. The Morgan fingerprint density at radius 3 is 2.31 bits per heavy atom. The Morgan fingerprint density at radius 1 is 1.00 bits per heavy atom. The van der Waals surface area contributed by atoms with Gasteiger partial charge in [0, 0.05) is 11.8 Å². The Balaban J connectivity index is 1.94. The van der Waals surface area contributed by atoms with E-state index in [-0.39, 0.29) is 17.6 Å². The van der Waals surface area contributed by atoms with E-state index in [0.29, 0.717) is 5.82 Å². The smallest absolute Gasteiger partial charge is 0.322 e. The second kappa shape index (κ2) is 8.68. The van der Waals surface area contributed by atoms with E-state index < -0.39 is 35.3 Å². The molecule has 9 heteroatoms. The van der Waals surface area contributed by atoms with Gasteiger partial charge >= 0.3 is 5.97 Å². The van der Waals surface area contributed by atoms with Gasteiger partial charge in [0.2, 0.25) is 0 Å². The summed E-state index contributed by atoms with van der Waals surface area (Å²) in [5.74, 6) is -2.52. The van der Waals surface area contributed by atoms with Gasteiger partial charge in [-0.1, -0.05) is 60.7 Å². The number of carbonyl (C=O) groups excluding carboxylic acids is 1. The van der Waals surface area contributed by atoms with Gasteiger partial charge in [0.1, 0.15) is 17.9 Å². The van der Waals surface area contributed by atoms with E-state index >= 15 is 0 Å². The predicted molar refractivity (Wildman–Crippen MR) is 116 cm³/mol. The SMILES string of the molecule is O=C(O)CNC(=O)c1c(O)c2cnc(-c3ccccc3)nc2n(Cc2ccccc2)c1=O. The van der Waals surface area contributed by atoms with E-state index in [1.54, 1.807) is 0 Å². The van der Waals surface area contributed by atoms with Crippen molar-refractivity contribution < 1.29 is 19.8 Å². The van der Waals surface area contributed by atoms with E-state index in [9.17, 15) is 19.5 Å². The second-order valence-corrected chi connectivity index (χ2v) is 6.97. The lowest BCUT2D eigenvalue weighted by Crippen LogP contribution is -2.36. The van der Waals surface area contributed by atoms with Crippen molar-refractivity contribution in [3.05, 3.63) is 88.3 Å². The van der Waals surface area contributed by atoms with E-state index in [1.165, 1.54) is 10.8 Å². The minimum absolute atomic E-state index is 0.0842. The Morgan fingerprint density at radius 2 is 1.66 bits per heavy atom. The minimum atomic E-state index is -1.28. The lowest BCUT2D eigenvalue weighted by molar-refractivity contribution is -0.135. The predicted octanol–water partition coefficient (Wildman–Crippen LogP) is 2.03. The maximum absolute atomic E-state index is 13.3. The number of carboxylic acids is 1. The molecule has 4 rings (SSSR count). The molecule has 32 heavy (non-hydrogen) atoms. The normalized spacial score (nSPS) is 10.8. The molecule has 2 aromatic heterocycles. The second-order valence-electron chi connectivity index (χ2n) is 6.97. The van der Waals surface area contributed by atoms with E-state index in [1.807, 2.05) is 60.7 Å². The lowest BCUT2D eigenvalue weighted by Gasteiger charge is -2.15. The number of carbonyl (C=O) groups is 2. The van der Waals surface area contributed by atoms with Crippen LogP contribution in [0.3, 0.4) is 0 Å². The molecule has 3 N–H and O–H groups in total. The number of rotatable bonds is 6. The Hall–Kier alpha value is -4.53. The quantitative estimate of drug-likeness (QED) is 0.426. The molecule has 0 radical (unpaired) electrons. The molecule has 0 atom stereocenters. The number of carboxylic acid groups (broad SMARTS) is 1. The molecular weight excluding hydrogens is 412 g/mol. The van der Waals surface area contributed by atoms with Crippen molar-refractivity contribution in [1.29, 1.82) is 0 Å². The van der Waals surface area contributed by atoms with Gasteiger partial charge in [-0.15, -0.1) is 0 Å². The van der Waals surface area contributed by atoms with Crippen molar-refractivity contribution in [2.75, 3.05) is 6.54 Å². The number of benzene rings is 2. The molecule has 2 aromatic carbocycles. The molecule has 0 aliphatic rings. The van der Waals surface area contributed by atoms with Crippen molar-refractivity contribution in [1.82, 2.24) is 19.9 Å². The molecule has 4 aromatic rings. The average Bonchev–Trinajstić information content (AvgIpc) is 2.81. The van der Waals surface area contributed by atoms with Crippen LogP contribution in [0, 0.1) is 0 Å². The van der Waals surface area contributed by atoms with Crippen molar-refractivity contribution in [2.45, 2.75) is 6.54 Å². The highest BCUT2D eigenvalue weighted by atomic mass is 16.4. The molecule has 0 spiro atoms. The van der Waals surface area contributed by atoms with E-state index in [4.69, 9.17) is 5.11 Å². The van der Waals surface area contributed by atoms with Crippen LogP contribution in [0.2, 0.25) is 0 Å². The summed E-state index contributed by atoms with van der Waals surface area (Å²) in [5, 5.41) is 21.8. The average molecular weight is 430 g/mol. The molecule has 0 fully saturated rings. The van der Waals surface area contributed by atoms with Crippen LogP contribution in [0.25, 0.3) is 22.4 Å². The van der Waals surface area contributed by atoms with Crippen LogP contribution in [0.1, 0.15) is 15.9 Å². The highest BCUT2D eigenvalue weighted by Crippen LogP contribution is 2.27. The van der Waals surface area contributed by atoms with Gasteiger partial charge in [-0.25, -0.2) is 9.97 Å². The third-order valence-corrected chi connectivity index (χ3v) is 4.82. The van der Waals surface area contributed by atoms with Crippen LogP contribution < -0.4 is 10.9 Å². The first-order chi connectivity index (χ1) is 15.5. The summed E-state index contributed by atoms with van der Waals surface area (Å²) in [4.78, 5) is 45.4. The van der Waals surface area contributed by atoms with Crippen LogP contribution in [0.15, 0.2) is 71.7 Å². The van der Waals surface area contributed by atoms with Gasteiger partial charge in [-0.2, -0.15) is 0 Å². The number of aromatic nitrogens is 3. The number of pyridine rings is 1. The Kier molecular flexibility index (Phi) is 5.63. The molecule has 1 amide bonds. The van der Waals surface area contributed by atoms with Gasteiger partial charge < -0.3 is 15.5 Å². The fraction of sp³-hybridized carbons (Fsp3) is 0.0870. The lowest BCUT2D eigenvalue weighted by atomic mass is 10.1. The largest absolute Gasteiger partial charge is 0.506 e. The standard InChI is InChI=1S/C23H18N4O5/c28-17(29)12-25-22(31)18-19(30)16-11-24-20(15-9-5-2-6-10-15)26-21(16)27(23(18)32)13-14-7-3-1-4-8-14/h1-11,30H,12-13H2,(H,25,31)(H,28,29). The molecule has 0 saturated heterocycles. The summed E-state index contributed by atoms with van der Waals surface area (Å²) >= 11 is 0. The van der Waals surface area contributed by atoms with Crippen LogP contribution in [0.4, 0.5) is 0 Å². The fourth-order valence-corrected chi connectivity index (χ4v) is 3.30. The molecule has 160 valence electrons. The number of hydrogen-bond acceptors (Lipinski definition) is 6. The van der Waals surface area contributed by atoms with Crippen LogP contribution in [-0.4, -0.2) is 43.2 Å². The maximum atomic E-state index is 13.3. The molecular formula is C23H18N4O5. The van der Waals surface area contributed by atoms with Crippen LogP contribution in [0.5, 0.6) is 5.75 Å². The summed E-state index contributed by atoms with van der Waals surface area (Å²) in [6.45, 7) is -0.612. The van der Waals surface area contributed by atoms with Crippen molar-refractivity contribution in [3.63, 3.8) is 0 Å². The highest BCUT2D eigenvalue weighted by Gasteiger charge is 2.24.